The van der Waals surface area contributed by atoms with Gasteiger partial charge in [0, 0.05) is 36.9 Å². The topological polar surface area (TPSA) is 181 Å². The number of pyridine rings is 2. The van der Waals surface area contributed by atoms with Gasteiger partial charge in [0.15, 0.2) is 0 Å². The molecule has 192 valence electrons. The van der Waals surface area contributed by atoms with Crippen LogP contribution in [-0.2, 0) is 20.8 Å². The Hall–Kier alpha value is -2.04. The van der Waals surface area contributed by atoms with Gasteiger partial charge in [-0.1, -0.05) is 12.1 Å². The molecule has 0 amide bonds. The van der Waals surface area contributed by atoms with Crippen LogP contribution >= 0.6 is 0 Å². The van der Waals surface area contributed by atoms with Crippen LogP contribution in [0.3, 0.4) is 0 Å². The van der Waals surface area contributed by atoms with Gasteiger partial charge < -0.3 is 0 Å². The molecule has 2 aliphatic rings. The van der Waals surface area contributed by atoms with Crippen molar-refractivity contribution in [3.05, 3.63) is 60.2 Å². The zero-order valence-corrected chi connectivity index (χ0v) is 20.7. The van der Waals surface area contributed by atoms with Gasteiger partial charge in [0.1, 0.15) is 0 Å². The molecule has 34 heavy (non-hydrogen) atoms. The van der Waals surface area contributed by atoms with E-state index < -0.39 is 20.8 Å². The zero-order chi connectivity index (χ0) is 25.8. The van der Waals surface area contributed by atoms with Gasteiger partial charge in [0.25, 0.3) is 0 Å². The molecule has 4 N–H and O–H groups in total. The van der Waals surface area contributed by atoms with E-state index in [0.717, 1.165) is 0 Å². The normalized spacial score (nSPS) is 20.8. The van der Waals surface area contributed by atoms with Crippen molar-refractivity contribution in [3.8, 4) is 0 Å². The van der Waals surface area contributed by atoms with E-state index >= 15 is 0 Å². The van der Waals surface area contributed by atoms with Gasteiger partial charge in [0.05, 0.1) is 0 Å². The molecular formula is C20H32N4O8S2. The molecule has 12 nitrogen and oxygen atoms in total. The fourth-order valence-electron chi connectivity index (χ4n) is 3.81. The first-order chi connectivity index (χ1) is 15.8. The summed E-state index contributed by atoms with van der Waals surface area (Å²) in [4.78, 5) is 13.1. The van der Waals surface area contributed by atoms with Crippen molar-refractivity contribution in [2.24, 2.45) is 0 Å². The summed E-state index contributed by atoms with van der Waals surface area (Å²) >= 11 is 0. The minimum absolute atomic E-state index is 0.610. The second kappa shape index (κ2) is 14.4. The predicted octanol–water partition coefficient (Wildman–Crippen LogP) is 2.39. The van der Waals surface area contributed by atoms with Crippen molar-refractivity contribution in [1.82, 2.24) is 19.8 Å². The van der Waals surface area contributed by atoms with Crippen molar-refractivity contribution < 1.29 is 35.0 Å². The Morgan fingerprint density at radius 2 is 1.06 bits per heavy atom. The molecule has 4 rings (SSSR count). The van der Waals surface area contributed by atoms with Gasteiger partial charge in [0.2, 0.25) is 0 Å². The fraction of sp³-hybridized carbons (Fsp3) is 0.500. The molecule has 0 radical (unpaired) electrons. The first kappa shape index (κ1) is 30.0. The minimum Gasteiger partial charge on any atom is -0.299 e. The van der Waals surface area contributed by atoms with Crippen LogP contribution < -0.4 is 0 Å². The molecule has 2 fully saturated rings. The lowest BCUT2D eigenvalue weighted by atomic mass is 10.1. The van der Waals surface area contributed by atoms with Gasteiger partial charge in [-0.3, -0.25) is 38.0 Å². The Labute approximate surface area is 200 Å². The largest absolute Gasteiger partial charge is 0.394 e. The molecule has 1 unspecified atom stereocenters. The number of likely N-dealkylation sites (tertiary alicyclic amines) is 2. The van der Waals surface area contributed by atoms with Crippen LogP contribution in [0.25, 0.3) is 0 Å². The molecule has 4 heterocycles. The van der Waals surface area contributed by atoms with Crippen LogP contribution in [0.1, 0.15) is 48.9 Å². The number of rotatable bonds is 2. The average molecular weight is 521 g/mol. The highest BCUT2D eigenvalue weighted by Gasteiger charge is 2.22. The third-order valence-electron chi connectivity index (χ3n) is 5.18. The molecule has 0 bridgehead atoms. The maximum atomic E-state index is 8.74. The van der Waals surface area contributed by atoms with Gasteiger partial charge >= 0.3 is 20.8 Å². The Morgan fingerprint density at radius 3 is 1.26 bits per heavy atom. The maximum Gasteiger partial charge on any atom is 0.394 e. The quantitative estimate of drug-likeness (QED) is 0.425. The van der Waals surface area contributed by atoms with Crippen LogP contribution in [0.5, 0.6) is 0 Å². The molecule has 0 aliphatic carbocycles. The molecule has 2 saturated heterocycles. The van der Waals surface area contributed by atoms with E-state index in [9.17, 15) is 0 Å². The van der Waals surface area contributed by atoms with Crippen molar-refractivity contribution in [2.75, 3.05) is 27.2 Å². The van der Waals surface area contributed by atoms with Crippen LogP contribution in [0.15, 0.2) is 49.1 Å². The molecule has 0 spiro atoms. The van der Waals surface area contributed by atoms with Gasteiger partial charge in [-0.25, -0.2) is 0 Å². The summed E-state index contributed by atoms with van der Waals surface area (Å²) < 4.78 is 63.2. The average Bonchev–Trinajstić information content (AvgIpc) is 3.35. The zero-order valence-electron chi connectivity index (χ0n) is 19.0. The molecule has 2 aliphatic heterocycles. The van der Waals surface area contributed by atoms with Crippen LogP contribution in [0.2, 0.25) is 0 Å². The SMILES string of the molecule is CN1CCCC1c1cccnc1.CN1CCC[C@H]1c1cccnc1.O=S(=O)(O)O.O=S(=O)(O)O. The molecule has 2 aromatic rings. The maximum absolute atomic E-state index is 8.74. The first-order valence-corrected chi connectivity index (χ1v) is 13.1. The van der Waals surface area contributed by atoms with E-state index in [1.54, 1.807) is 0 Å². The van der Waals surface area contributed by atoms with Crippen LogP contribution in [0.4, 0.5) is 0 Å². The number of hydrogen-bond acceptors (Lipinski definition) is 8. The van der Waals surface area contributed by atoms with Crippen LogP contribution in [-0.4, -0.2) is 82.0 Å². The Balaban J connectivity index is 0.000000248. The summed E-state index contributed by atoms with van der Waals surface area (Å²) in [6.07, 6.45) is 12.8. The highest BCUT2D eigenvalue weighted by Crippen LogP contribution is 2.30. The lowest BCUT2D eigenvalue weighted by Crippen LogP contribution is -2.17. The monoisotopic (exact) mass is 520 g/mol. The highest BCUT2D eigenvalue weighted by molar-refractivity contribution is 7.80. The third kappa shape index (κ3) is 14.3. The lowest BCUT2D eigenvalue weighted by molar-refractivity contribution is 0.317. The van der Waals surface area contributed by atoms with Crippen molar-refractivity contribution >= 4 is 20.8 Å². The Kier molecular flexibility index (Phi) is 12.7. The summed E-state index contributed by atoms with van der Waals surface area (Å²) in [6, 6.07) is 9.58. The highest BCUT2D eigenvalue weighted by atomic mass is 32.3. The standard InChI is InChI=1S/2C10H14N2.2H2O4S/c2*1-12-7-3-5-10(12)9-4-2-6-11-8-9;2*1-5(2,3)4/h2*2,4,6,8,10H,3,5,7H2,1H3;2*(H2,1,2,3,4)/t10-;;;/m0.../s1. The lowest BCUT2D eigenvalue weighted by Gasteiger charge is -2.18. The van der Waals surface area contributed by atoms with E-state index in [0.29, 0.717) is 12.1 Å². The van der Waals surface area contributed by atoms with Crippen molar-refractivity contribution in [3.63, 3.8) is 0 Å². The molecule has 2 aromatic heterocycles. The van der Waals surface area contributed by atoms with Crippen LogP contribution in [0, 0.1) is 0 Å². The summed E-state index contributed by atoms with van der Waals surface area (Å²) in [5.41, 5.74) is 2.72. The fourth-order valence-corrected chi connectivity index (χ4v) is 3.81. The third-order valence-corrected chi connectivity index (χ3v) is 5.18. The second-order valence-corrected chi connectivity index (χ2v) is 9.54. The summed E-state index contributed by atoms with van der Waals surface area (Å²) in [5.74, 6) is 0. The Bertz CT molecular complexity index is 939. The molecule has 0 saturated carbocycles. The molecule has 0 aromatic carbocycles. The van der Waals surface area contributed by atoms with E-state index in [4.69, 9.17) is 35.0 Å². The van der Waals surface area contributed by atoms with Gasteiger partial charge in [-0.05, 0) is 76.1 Å². The van der Waals surface area contributed by atoms with E-state index in [1.807, 2.05) is 36.9 Å². The van der Waals surface area contributed by atoms with Gasteiger partial charge in [-0.2, -0.15) is 16.8 Å². The van der Waals surface area contributed by atoms with E-state index in [-0.39, 0.29) is 0 Å². The molecular weight excluding hydrogens is 488 g/mol. The minimum atomic E-state index is -4.67. The summed E-state index contributed by atoms with van der Waals surface area (Å²) in [5, 5.41) is 0. The first-order valence-electron chi connectivity index (χ1n) is 10.4. The Morgan fingerprint density at radius 1 is 0.735 bits per heavy atom. The summed E-state index contributed by atoms with van der Waals surface area (Å²) in [7, 11) is -4.96. The number of aromatic nitrogens is 2. The second-order valence-electron chi connectivity index (χ2n) is 7.75. The van der Waals surface area contributed by atoms with E-state index in [2.05, 4.69) is 46.0 Å². The van der Waals surface area contributed by atoms with Crippen molar-refractivity contribution in [1.29, 1.82) is 0 Å². The van der Waals surface area contributed by atoms with Gasteiger partial charge in [-0.15, -0.1) is 0 Å². The smallest absolute Gasteiger partial charge is 0.299 e. The predicted molar refractivity (Wildman–Crippen MR) is 126 cm³/mol. The molecule has 2 atom stereocenters. The van der Waals surface area contributed by atoms with Crippen molar-refractivity contribution in [2.45, 2.75) is 37.8 Å². The number of hydrogen-bond donors (Lipinski definition) is 4. The summed E-state index contributed by atoms with van der Waals surface area (Å²) in [6.45, 7) is 2.44. The van der Waals surface area contributed by atoms with E-state index in [1.165, 1.54) is 49.9 Å². The number of nitrogens with zero attached hydrogens (tertiary/aromatic N) is 4. The molecule has 14 heteroatoms.